The van der Waals surface area contributed by atoms with Gasteiger partial charge < -0.3 is 15.4 Å². The number of ether oxygens (including phenoxy) is 1. The first-order valence-electron chi connectivity index (χ1n) is 9.27. The lowest BCUT2D eigenvalue weighted by molar-refractivity contribution is -0.137. The van der Waals surface area contributed by atoms with Crippen LogP contribution >= 0.6 is 0 Å². The van der Waals surface area contributed by atoms with Gasteiger partial charge in [-0.2, -0.15) is 18.4 Å². The SMILES string of the molecule is N#Cc1ccccc1OCC(=O)Nc1ccccc1C(=O)Nc1cccc(C(F)(F)F)c1. The van der Waals surface area contributed by atoms with Crippen LogP contribution in [0.5, 0.6) is 5.75 Å². The summed E-state index contributed by atoms with van der Waals surface area (Å²) in [4.78, 5) is 24.9. The molecule has 0 aromatic heterocycles. The van der Waals surface area contributed by atoms with E-state index in [9.17, 15) is 22.8 Å². The molecule has 6 nitrogen and oxygen atoms in total. The van der Waals surface area contributed by atoms with E-state index in [2.05, 4.69) is 10.6 Å². The van der Waals surface area contributed by atoms with E-state index in [0.717, 1.165) is 12.1 Å². The van der Waals surface area contributed by atoms with E-state index >= 15 is 0 Å². The zero-order valence-electron chi connectivity index (χ0n) is 16.4. The summed E-state index contributed by atoms with van der Waals surface area (Å²) in [5.74, 6) is -1.05. The van der Waals surface area contributed by atoms with Crippen molar-refractivity contribution in [2.75, 3.05) is 17.2 Å². The first-order chi connectivity index (χ1) is 15.3. The summed E-state index contributed by atoms with van der Waals surface area (Å²) in [5, 5.41) is 14.0. The maximum absolute atomic E-state index is 12.9. The molecule has 9 heteroatoms. The lowest BCUT2D eigenvalue weighted by atomic mass is 10.1. The molecule has 0 bridgehead atoms. The molecule has 0 aliphatic heterocycles. The van der Waals surface area contributed by atoms with Crippen molar-refractivity contribution < 1.29 is 27.5 Å². The molecule has 0 fully saturated rings. The van der Waals surface area contributed by atoms with Crippen molar-refractivity contribution in [1.82, 2.24) is 0 Å². The molecular weight excluding hydrogens is 423 g/mol. The smallest absolute Gasteiger partial charge is 0.416 e. The van der Waals surface area contributed by atoms with Crippen molar-refractivity contribution in [2.45, 2.75) is 6.18 Å². The number of carbonyl (C=O) groups is 2. The Morgan fingerprint density at radius 3 is 2.41 bits per heavy atom. The third kappa shape index (κ3) is 5.64. The second kappa shape index (κ2) is 9.66. The minimum absolute atomic E-state index is 0.0394. The number of benzene rings is 3. The van der Waals surface area contributed by atoms with E-state index in [4.69, 9.17) is 10.00 Å². The van der Waals surface area contributed by atoms with Gasteiger partial charge in [0.15, 0.2) is 6.61 Å². The van der Waals surface area contributed by atoms with Crippen LogP contribution in [0, 0.1) is 11.3 Å². The number of nitrogens with zero attached hydrogens (tertiary/aromatic N) is 1. The number of para-hydroxylation sites is 2. The maximum atomic E-state index is 12.9. The van der Waals surface area contributed by atoms with Crippen LogP contribution in [0.25, 0.3) is 0 Å². The van der Waals surface area contributed by atoms with E-state index in [-0.39, 0.29) is 28.3 Å². The molecule has 0 aliphatic carbocycles. The highest BCUT2D eigenvalue weighted by Gasteiger charge is 2.30. The Morgan fingerprint density at radius 1 is 0.938 bits per heavy atom. The highest BCUT2D eigenvalue weighted by atomic mass is 19.4. The Morgan fingerprint density at radius 2 is 1.66 bits per heavy atom. The van der Waals surface area contributed by atoms with E-state index in [1.165, 1.54) is 24.3 Å². The number of carbonyl (C=O) groups excluding carboxylic acids is 2. The first kappa shape index (κ1) is 22.4. The number of anilines is 2. The number of hydrogen-bond acceptors (Lipinski definition) is 4. The second-order valence-corrected chi connectivity index (χ2v) is 6.52. The van der Waals surface area contributed by atoms with Crippen molar-refractivity contribution in [3.05, 3.63) is 89.5 Å². The molecule has 0 unspecified atom stereocenters. The van der Waals surface area contributed by atoms with Gasteiger partial charge in [0, 0.05) is 5.69 Å². The summed E-state index contributed by atoms with van der Waals surface area (Å²) in [6.45, 7) is -0.414. The Kier molecular flexibility index (Phi) is 6.75. The van der Waals surface area contributed by atoms with Crippen molar-refractivity contribution in [2.24, 2.45) is 0 Å². The van der Waals surface area contributed by atoms with Gasteiger partial charge in [0.25, 0.3) is 11.8 Å². The van der Waals surface area contributed by atoms with Gasteiger partial charge in [-0.25, -0.2) is 0 Å². The molecule has 0 radical (unpaired) electrons. The molecule has 32 heavy (non-hydrogen) atoms. The van der Waals surface area contributed by atoms with E-state index in [1.54, 1.807) is 36.4 Å². The number of hydrogen-bond donors (Lipinski definition) is 2. The Hall–Kier alpha value is -4.32. The number of rotatable bonds is 6. The Bertz CT molecular complexity index is 1190. The van der Waals surface area contributed by atoms with Crippen LogP contribution in [-0.4, -0.2) is 18.4 Å². The second-order valence-electron chi connectivity index (χ2n) is 6.52. The predicted octanol–water partition coefficient (Wildman–Crippen LogP) is 4.85. The Balaban J connectivity index is 1.70. The van der Waals surface area contributed by atoms with Crippen LogP contribution in [0.4, 0.5) is 24.5 Å². The van der Waals surface area contributed by atoms with Gasteiger partial charge in [-0.15, -0.1) is 0 Å². The highest BCUT2D eigenvalue weighted by molar-refractivity contribution is 6.10. The van der Waals surface area contributed by atoms with Crippen LogP contribution in [0.15, 0.2) is 72.8 Å². The summed E-state index contributed by atoms with van der Waals surface area (Å²) in [7, 11) is 0. The summed E-state index contributed by atoms with van der Waals surface area (Å²) in [5.41, 5.74) is -0.468. The molecule has 0 saturated heterocycles. The number of nitrogens with one attached hydrogen (secondary N) is 2. The largest absolute Gasteiger partial charge is 0.482 e. The predicted molar refractivity (Wildman–Crippen MR) is 111 cm³/mol. The van der Waals surface area contributed by atoms with Crippen molar-refractivity contribution in [3.8, 4) is 11.8 Å². The molecule has 3 aromatic rings. The number of nitriles is 1. The Labute approximate surface area is 181 Å². The number of alkyl halides is 3. The minimum atomic E-state index is -4.54. The summed E-state index contributed by atoms with van der Waals surface area (Å²) < 4.78 is 44.0. The first-order valence-corrected chi connectivity index (χ1v) is 9.27. The summed E-state index contributed by atoms with van der Waals surface area (Å²) >= 11 is 0. The van der Waals surface area contributed by atoms with Gasteiger partial charge in [-0.3, -0.25) is 9.59 Å². The number of halogens is 3. The van der Waals surface area contributed by atoms with Crippen LogP contribution < -0.4 is 15.4 Å². The van der Waals surface area contributed by atoms with Crippen LogP contribution in [-0.2, 0) is 11.0 Å². The molecule has 162 valence electrons. The number of amides is 2. The maximum Gasteiger partial charge on any atom is 0.416 e. The molecule has 2 amide bonds. The fourth-order valence-corrected chi connectivity index (χ4v) is 2.78. The molecule has 3 rings (SSSR count). The monoisotopic (exact) mass is 439 g/mol. The van der Waals surface area contributed by atoms with Gasteiger partial charge in [0.1, 0.15) is 11.8 Å². The van der Waals surface area contributed by atoms with Gasteiger partial charge in [0.05, 0.1) is 22.4 Å². The van der Waals surface area contributed by atoms with Crippen molar-refractivity contribution in [1.29, 1.82) is 5.26 Å². The molecular formula is C23H16F3N3O3. The van der Waals surface area contributed by atoms with Gasteiger partial charge in [-0.05, 0) is 42.5 Å². The average Bonchev–Trinajstić information content (AvgIpc) is 2.78. The topological polar surface area (TPSA) is 91.2 Å². The van der Waals surface area contributed by atoms with Gasteiger partial charge >= 0.3 is 6.18 Å². The van der Waals surface area contributed by atoms with E-state index in [0.29, 0.717) is 0 Å². The lowest BCUT2D eigenvalue weighted by Gasteiger charge is -2.13. The zero-order valence-corrected chi connectivity index (χ0v) is 16.4. The molecule has 2 N–H and O–H groups in total. The van der Waals surface area contributed by atoms with Gasteiger partial charge in [-0.1, -0.05) is 30.3 Å². The minimum Gasteiger partial charge on any atom is -0.482 e. The van der Waals surface area contributed by atoms with Crippen LogP contribution in [0.2, 0.25) is 0 Å². The molecule has 0 heterocycles. The van der Waals surface area contributed by atoms with Crippen LogP contribution in [0.1, 0.15) is 21.5 Å². The quantitative estimate of drug-likeness (QED) is 0.575. The molecule has 0 spiro atoms. The molecule has 3 aromatic carbocycles. The molecule has 0 atom stereocenters. The molecule has 0 saturated carbocycles. The fraction of sp³-hybridized carbons (Fsp3) is 0.0870. The van der Waals surface area contributed by atoms with Crippen molar-refractivity contribution in [3.63, 3.8) is 0 Å². The average molecular weight is 439 g/mol. The summed E-state index contributed by atoms with van der Waals surface area (Å²) in [6.07, 6.45) is -4.54. The lowest BCUT2D eigenvalue weighted by Crippen LogP contribution is -2.23. The highest BCUT2D eigenvalue weighted by Crippen LogP contribution is 2.31. The third-order valence-electron chi connectivity index (χ3n) is 4.26. The standard InChI is InChI=1S/C23H16F3N3O3/c24-23(25,26)16-7-5-8-17(12-16)28-22(31)18-9-2-3-10-19(18)29-21(30)14-32-20-11-4-1-6-15(20)13-27/h1-12H,14H2,(H,28,31)(H,29,30). The zero-order chi connectivity index (χ0) is 23.1. The van der Waals surface area contributed by atoms with E-state index in [1.807, 2.05) is 6.07 Å². The van der Waals surface area contributed by atoms with Gasteiger partial charge in [0.2, 0.25) is 0 Å². The summed E-state index contributed by atoms with van der Waals surface area (Å²) in [6, 6.07) is 18.6. The van der Waals surface area contributed by atoms with E-state index < -0.39 is 30.2 Å². The molecule has 0 aliphatic rings. The normalized spacial score (nSPS) is 10.7. The van der Waals surface area contributed by atoms with Crippen LogP contribution in [0.3, 0.4) is 0 Å². The third-order valence-corrected chi connectivity index (χ3v) is 4.26. The fourth-order valence-electron chi connectivity index (χ4n) is 2.78. The van der Waals surface area contributed by atoms with Crippen molar-refractivity contribution >= 4 is 23.2 Å².